The largest absolute Gasteiger partial charge is 0.457 e. The maximum atomic E-state index is 6.02. The highest BCUT2D eigenvalue weighted by Crippen LogP contribution is 2.44. The molecule has 0 radical (unpaired) electrons. The standard InChI is InChI=1S/C17H20N2O/c1-18-11-12-19(2)17-13-7-3-5-9-15(13)20-16-10-6-4-8-14(16)17/h3-10,17-18H,11-12H2,1-2H3. The van der Waals surface area contributed by atoms with Gasteiger partial charge >= 0.3 is 0 Å². The second-order valence-electron chi connectivity index (χ2n) is 5.16. The Morgan fingerprint density at radius 1 is 1.00 bits per heavy atom. The lowest BCUT2D eigenvalue weighted by Crippen LogP contribution is -2.33. The van der Waals surface area contributed by atoms with Crippen molar-refractivity contribution in [3.05, 3.63) is 59.7 Å². The van der Waals surface area contributed by atoms with Gasteiger partial charge in [-0.2, -0.15) is 0 Å². The van der Waals surface area contributed by atoms with Gasteiger partial charge in [0, 0.05) is 24.2 Å². The van der Waals surface area contributed by atoms with Crippen molar-refractivity contribution in [3.63, 3.8) is 0 Å². The van der Waals surface area contributed by atoms with Gasteiger partial charge in [-0.05, 0) is 26.2 Å². The Hall–Kier alpha value is -1.84. The highest BCUT2D eigenvalue weighted by molar-refractivity contribution is 5.52. The van der Waals surface area contributed by atoms with Gasteiger partial charge in [0.05, 0.1) is 6.04 Å². The summed E-state index contributed by atoms with van der Waals surface area (Å²) in [6, 6.07) is 16.9. The van der Waals surface area contributed by atoms with Crippen molar-refractivity contribution in [2.75, 3.05) is 27.2 Å². The van der Waals surface area contributed by atoms with Gasteiger partial charge in [0.15, 0.2) is 0 Å². The molecule has 0 saturated carbocycles. The molecule has 2 aromatic carbocycles. The smallest absolute Gasteiger partial charge is 0.132 e. The number of fused-ring (bicyclic) bond motifs is 2. The van der Waals surface area contributed by atoms with Crippen molar-refractivity contribution in [2.45, 2.75) is 6.04 Å². The first kappa shape index (κ1) is 13.2. The average Bonchev–Trinajstić information content (AvgIpc) is 2.50. The molecule has 104 valence electrons. The van der Waals surface area contributed by atoms with Crippen LogP contribution in [0.25, 0.3) is 0 Å². The third-order valence-corrected chi connectivity index (χ3v) is 3.80. The van der Waals surface area contributed by atoms with Gasteiger partial charge in [0.25, 0.3) is 0 Å². The third kappa shape index (κ3) is 2.30. The highest BCUT2D eigenvalue weighted by Gasteiger charge is 2.29. The van der Waals surface area contributed by atoms with Crippen LogP contribution < -0.4 is 10.1 Å². The molecule has 0 amide bonds. The maximum Gasteiger partial charge on any atom is 0.132 e. The van der Waals surface area contributed by atoms with Crippen LogP contribution in [-0.4, -0.2) is 32.1 Å². The van der Waals surface area contributed by atoms with E-state index in [4.69, 9.17) is 4.74 Å². The molecule has 3 nitrogen and oxygen atoms in total. The van der Waals surface area contributed by atoms with Gasteiger partial charge in [-0.15, -0.1) is 0 Å². The van der Waals surface area contributed by atoms with Crippen molar-refractivity contribution in [3.8, 4) is 11.5 Å². The number of nitrogens with one attached hydrogen (secondary N) is 1. The van der Waals surface area contributed by atoms with E-state index in [1.165, 1.54) is 11.1 Å². The number of likely N-dealkylation sites (N-methyl/N-ethyl adjacent to an activating group) is 2. The summed E-state index contributed by atoms with van der Waals surface area (Å²) in [6.07, 6.45) is 0. The molecular formula is C17H20N2O. The van der Waals surface area contributed by atoms with Gasteiger partial charge in [-0.3, -0.25) is 4.90 Å². The van der Waals surface area contributed by atoms with Gasteiger partial charge < -0.3 is 10.1 Å². The lowest BCUT2D eigenvalue weighted by Gasteiger charge is -2.34. The zero-order chi connectivity index (χ0) is 13.9. The summed E-state index contributed by atoms with van der Waals surface area (Å²) < 4.78 is 6.02. The molecular weight excluding hydrogens is 248 g/mol. The molecule has 0 saturated heterocycles. The van der Waals surface area contributed by atoms with Crippen LogP contribution in [0.4, 0.5) is 0 Å². The Labute approximate surface area is 120 Å². The van der Waals surface area contributed by atoms with E-state index < -0.39 is 0 Å². The minimum atomic E-state index is 0.254. The molecule has 0 spiro atoms. The van der Waals surface area contributed by atoms with E-state index in [1.54, 1.807) is 0 Å². The number of nitrogens with zero attached hydrogens (tertiary/aromatic N) is 1. The summed E-state index contributed by atoms with van der Waals surface area (Å²) in [5, 5.41) is 3.21. The zero-order valence-corrected chi connectivity index (χ0v) is 12.0. The Morgan fingerprint density at radius 2 is 1.55 bits per heavy atom. The molecule has 0 unspecified atom stereocenters. The molecule has 0 aliphatic carbocycles. The summed E-state index contributed by atoms with van der Waals surface area (Å²) in [4.78, 5) is 2.37. The summed E-state index contributed by atoms with van der Waals surface area (Å²) in [5.74, 6) is 1.93. The van der Waals surface area contributed by atoms with Crippen LogP contribution >= 0.6 is 0 Å². The van der Waals surface area contributed by atoms with E-state index >= 15 is 0 Å². The van der Waals surface area contributed by atoms with Gasteiger partial charge in [0.1, 0.15) is 11.5 Å². The molecule has 0 aromatic heterocycles. The third-order valence-electron chi connectivity index (χ3n) is 3.80. The molecule has 2 aromatic rings. The summed E-state index contributed by atoms with van der Waals surface area (Å²) in [6.45, 7) is 1.96. The number of para-hydroxylation sites is 2. The van der Waals surface area contributed by atoms with Crippen LogP contribution in [0, 0.1) is 0 Å². The lowest BCUT2D eigenvalue weighted by atomic mass is 9.93. The van der Waals surface area contributed by atoms with Crippen molar-refractivity contribution in [1.82, 2.24) is 10.2 Å². The van der Waals surface area contributed by atoms with Crippen LogP contribution in [0.3, 0.4) is 0 Å². The van der Waals surface area contributed by atoms with Gasteiger partial charge in [0.2, 0.25) is 0 Å². The molecule has 0 fully saturated rings. The zero-order valence-electron chi connectivity index (χ0n) is 12.0. The minimum Gasteiger partial charge on any atom is -0.457 e. The first-order valence-electron chi connectivity index (χ1n) is 7.02. The topological polar surface area (TPSA) is 24.5 Å². The van der Waals surface area contributed by atoms with Crippen molar-refractivity contribution in [2.24, 2.45) is 0 Å². The van der Waals surface area contributed by atoms with Crippen molar-refractivity contribution < 1.29 is 4.74 Å². The molecule has 1 heterocycles. The molecule has 1 aliphatic heterocycles. The molecule has 0 atom stereocenters. The fraction of sp³-hybridized carbons (Fsp3) is 0.294. The van der Waals surface area contributed by atoms with E-state index in [0.717, 1.165) is 24.6 Å². The molecule has 3 rings (SSSR count). The van der Waals surface area contributed by atoms with E-state index in [-0.39, 0.29) is 6.04 Å². The first-order valence-corrected chi connectivity index (χ1v) is 7.02. The Morgan fingerprint density at radius 3 is 2.10 bits per heavy atom. The van der Waals surface area contributed by atoms with E-state index in [2.05, 4.69) is 41.5 Å². The minimum absolute atomic E-state index is 0.254. The van der Waals surface area contributed by atoms with Gasteiger partial charge in [-0.1, -0.05) is 36.4 Å². The molecule has 20 heavy (non-hydrogen) atoms. The number of benzene rings is 2. The number of rotatable bonds is 4. The molecule has 3 heteroatoms. The second-order valence-corrected chi connectivity index (χ2v) is 5.16. The number of hydrogen-bond acceptors (Lipinski definition) is 3. The Bertz CT molecular complexity index is 552. The highest BCUT2D eigenvalue weighted by atomic mass is 16.5. The van der Waals surface area contributed by atoms with E-state index in [0.29, 0.717) is 0 Å². The molecule has 1 N–H and O–H groups in total. The number of hydrogen-bond donors (Lipinski definition) is 1. The van der Waals surface area contributed by atoms with Crippen LogP contribution in [0.15, 0.2) is 48.5 Å². The quantitative estimate of drug-likeness (QED) is 0.922. The summed E-state index contributed by atoms with van der Waals surface area (Å²) >= 11 is 0. The normalized spacial score (nSPS) is 13.8. The average molecular weight is 268 g/mol. The first-order chi connectivity index (χ1) is 9.81. The lowest BCUT2D eigenvalue weighted by molar-refractivity contribution is 0.261. The van der Waals surface area contributed by atoms with Crippen molar-refractivity contribution in [1.29, 1.82) is 0 Å². The van der Waals surface area contributed by atoms with Gasteiger partial charge in [-0.25, -0.2) is 0 Å². The van der Waals surface area contributed by atoms with Crippen LogP contribution in [-0.2, 0) is 0 Å². The van der Waals surface area contributed by atoms with Crippen molar-refractivity contribution >= 4 is 0 Å². The molecule has 0 bridgehead atoms. The summed E-state index contributed by atoms with van der Waals surface area (Å²) in [7, 11) is 4.15. The predicted molar refractivity (Wildman–Crippen MR) is 81.4 cm³/mol. The Kier molecular flexibility index (Phi) is 3.72. The monoisotopic (exact) mass is 268 g/mol. The fourth-order valence-corrected chi connectivity index (χ4v) is 2.78. The number of ether oxygens (including phenoxy) is 1. The van der Waals surface area contributed by atoms with E-state index in [9.17, 15) is 0 Å². The maximum absolute atomic E-state index is 6.02. The van der Waals surface area contributed by atoms with Crippen LogP contribution in [0.2, 0.25) is 0 Å². The predicted octanol–water partition coefficient (Wildman–Crippen LogP) is 3.03. The molecule has 1 aliphatic rings. The van der Waals surface area contributed by atoms with Crippen LogP contribution in [0.5, 0.6) is 11.5 Å². The second kappa shape index (κ2) is 5.65. The van der Waals surface area contributed by atoms with E-state index in [1.807, 2.05) is 31.3 Å². The van der Waals surface area contributed by atoms with Crippen LogP contribution in [0.1, 0.15) is 17.2 Å². The Balaban J connectivity index is 2.03. The fourth-order valence-electron chi connectivity index (χ4n) is 2.78. The summed E-state index contributed by atoms with van der Waals surface area (Å²) in [5.41, 5.74) is 2.48. The SMILES string of the molecule is CNCCN(C)C1c2ccccc2Oc2ccccc21.